The van der Waals surface area contributed by atoms with Gasteiger partial charge in [-0.3, -0.25) is 4.79 Å². The van der Waals surface area contributed by atoms with E-state index in [1.54, 1.807) is 13.2 Å². The number of nitrogens with one attached hydrogen (secondary N) is 2. The van der Waals surface area contributed by atoms with Gasteiger partial charge in [0.2, 0.25) is 0 Å². The third kappa shape index (κ3) is 4.01. The van der Waals surface area contributed by atoms with Crippen LogP contribution in [0.2, 0.25) is 0 Å². The molecular formula is C11H18N4O2S. The van der Waals surface area contributed by atoms with Gasteiger partial charge in [0.25, 0.3) is 5.91 Å². The first-order valence-corrected chi connectivity index (χ1v) is 6.32. The first kappa shape index (κ1) is 14.5. The number of rotatable bonds is 7. The van der Waals surface area contributed by atoms with Crippen molar-refractivity contribution >= 4 is 28.2 Å². The average molecular weight is 270 g/mol. The van der Waals surface area contributed by atoms with E-state index in [9.17, 15) is 4.79 Å². The molecule has 1 heterocycles. The number of methoxy groups -OCH3 is 1. The minimum Gasteiger partial charge on any atom is -0.383 e. The zero-order valence-electron chi connectivity index (χ0n) is 10.5. The molecule has 0 fully saturated rings. The first-order chi connectivity index (χ1) is 8.58. The van der Waals surface area contributed by atoms with Gasteiger partial charge in [-0.05, 0) is 6.92 Å². The Morgan fingerprint density at radius 1 is 1.72 bits per heavy atom. The summed E-state index contributed by atoms with van der Waals surface area (Å²) in [5, 5.41) is 6.39. The Hall–Kier alpha value is -1.60. The lowest BCUT2D eigenvalue weighted by Gasteiger charge is -2.07. The Balaban J connectivity index is 2.65. The van der Waals surface area contributed by atoms with E-state index >= 15 is 0 Å². The fourth-order valence-electron chi connectivity index (χ4n) is 1.16. The van der Waals surface area contributed by atoms with Crippen molar-refractivity contribution in [2.24, 2.45) is 0 Å². The van der Waals surface area contributed by atoms with Gasteiger partial charge in [-0.25, -0.2) is 4.98 Å². The number of thiazole rings is 1. The third-order valence-corrected chi connectivity index (χ3v) is 3.18. The second-order valence-electron chi connectivity index (χ2n) is 3.65. The summed E-state index contributed by atoms with van der Waals surface area (Å²) >= 11 is 1.22. The zero-order chi connectivity index (χ0) is 13.5. The quantitative estimate of drug-likeness (QED) is 0.510. The standard InChI is InChI=1S/C11H18N4O2S/c1-4-7(2)14-10(16)8-9(12)15-11(18-8)13-5-6-17-3/h4,7H,1,5-6,12H2,2-3H3,(H,13,15)(H,14,16). The first-order valence-electron chi connectivity index (χ1n) is 5.51. The summed E-state index contributed by atoms with van der Waals surface area (Å²) in [6.45, 7) is 6.62. The van der Waals surface area contributed by atoms with Crippen LogP contribution in [0.1, 0.15) is 16.6 Å². The number of carbonyl (C=O) groups excluding carboxylic acids is 1. The molecule has 1 atom stereocenters. The molecule has 1 unspecified atom stereocenters. The Bertz CT molecular complexity index is 419. The molecule has 18 heavy (non-hydrogen) atoms. The smallest absolute Gasteiger partial charge is 0.265 e. The van der Waals surface area contributed by atoms with E-state index in [-0.39, 0.29) is 17.8 Å². The van der Waals surface area contributed by atoms with Gasteiger partial charge < -0.3 is 21.1 Å². The predicted molar refractivity (Wildman–Crippen MR) is 74.0 cm³/mol. The number of hydrogen-bond donors (Lipinski definition) is 3. The molecule has 1 aromatic rings. The molecule has 0 aliphatic rings. The van der Waals surface area contributed by atoms with Crippen LogP contribution in [0.4, 0.5) is 10.9 Å². The van der Waals surface area contributed by atoms with E-state index in [1.165, 1.54) is 11.3 Å². The molecule has 100 valence electrons. The van der Waals surface area contributed by atoms with Crippen LogP contribution in [0.3, 0.4) is 0 Å². The van der Waals surface area contributed by atoms with Crippen LogP contribution in [-0.4, -0.2) is 37.2 Å². The maximum absolute atomic E-state index is 11.9. The van der Waals surface area contributed by atoms with Crippen molar-refractivity contribution in [2.75, 3.05) is 31.3 Å². The molecule has 0 aliphatic heterocycles. The van der Waals surface area contributed by atoms with Gasteiger partial charge in [0, 0.05) is 19.7 Å². The summed E-state index contributed by atoms with van der Waals surface area (Å²) in [7, 11) is 1.62. The summed E-state index contributed by atoms with van der Waals surface area (Å²) in [4.78, 5) is 16.3. The number of anilines is 2. The number of nitrogens with two attached hydrogens (primary N) is 1. The maximum atomic E-state index is 11.9. The van der Waals surface area contributed by atoms with Crippen LogP contribution in [0.5, 0.6) is 0 Å². The van der Waals surface area contributed by atoms with E-state index in [4.69, 9.17) is 10.5 Å². The normalized spacial score (nSPS) is 11.9. The molecule has 0 bridgehead atoms. The average Bonchev–Trinajstić information content (AvgIpc) is 2.70. The molecule has 0 saturated carbocycles. The molecule has 0 aromatic carbocycles. The highest BCUT2D eigenvalue weighted by atomic mass is 32.1. The molecule has 6 nitrogen and oxygen atoms in total. The molecule has 0 saturated heterocycles. The molecular weight excluding hydrogens is 252 g/mol. The Labute approximate surface area is 110 Å². The largest absolute Gasteiger partial charge is 0.383 e. The lowest BCUT2D eigenvalue weighted by Crippen LogP contribution is -2.30. The van der Waals surface area contributed by atoms with Gasteiger partial charge in [-0.1, -0.05) is 17.4 Å². The van der Waals surface area contributed by atoms with Crippen LogP contribution in [0, 0.1) is 0 Å². The summed E-state index contributed by atoms with van der Waals surface area (Å²) in [5.41, 5.74) is 5.71. The Kier molecular flexibility index (Phi) is 5.60. The van der Waals surface area contributed by atoms with E-state index < -0.39 is 0 Å². The zero-order valence-corrected chi connectivity index (χ0v) is 11.3. The highest BCUT2D eigenvalue weighted by Crippen LogP contribution is 2.24. The monoisotopic (exact) mass is 270 g/mol. The molecule has 0 aliphatic carbocycles. The molecule has 0 spiro atoms. The number of hydrogen-bond acceptors (Lipinski definition) is 6. The number of ether oxygens (including phenoxy) is 1. The van der Waals surface area contributed by atoms with Crippen molar-refractivity contribution < 1.29 is 9.53 Å². The molecule has 1 aromatic heterocycles. The number of amides is 1. The van der Waals surface area contributed by atoms with E-state index in [1.807, 2.05) is 6.92 Å². The predicted octanol–water partition coefficient (Wildman–Crippen LogP) is 1.09. The summed E-state index contributed by atoms with van der Waals surface area (Å²) in [6, 6.07) is -0.107. The molecule has 0 radical (unpaired) electrons. The van der Waals surface area contributed by atoms with Gasteiger partial charge >= 0.3 is 0 Å². The summed E-state index contributed by atoms with van der Waals surface area (Å²) in [6.07, 6.45) is 1.65. The van der Waals surface area contributed by atoms with Gasteiger partial charge in [-0.2, -0.15) is 0 Å². The van der Waals surface area contributed by atoms with Crippen LogP contribution in [-0.2, 0) is 4.74 Å². The fourth-order valence-corrected chi connectivity index (χ4v) is 1.97. The van der Waals surface area contributed by atoms with Gasteiger partial charge in [0.05, 0.1) is 6.61 Å². The van der Waals surface area contributed by atoms with Gasteiger partial charge in [0.1, 0.15) is 10.7 Å². The second kappa shape index (κ2) is 6.97. The van der Waals surface area contributed by atoms with E-state index in [0.717, 1.165) is 0 Å². The minimum atomic E-state index is -0.239. The number of aromatic nitrogens is 1. The third-order valence-electron chi connectivity index (χ3n) is 2.15. The Morgan fingerprint density at radius 3 is 3.06 bits per heavy atom. The molecule has 1 rings (SSSR count). The highest BCUT2D eigenvalue weighted by Gasteiger charge is 2.16. The fraction of sp³-hybridized carbons (Fsp3) is 0.455. The number of carbonyl (C=O) groups is 1. The van der Waals surface area contributed by atoms with Gasteiger partial charge in [-0.15, -0.1) is 6.58 Å². The van der Waals surface area contributed by atoms with E-state index in [0.29, 0.717) is 23.2 Å². The second-order valence-corrected chi connectivity index (χ2v) is 4.65. The molecule has 1 amide bonds. The lowest BCUT2D eigenvalue weighted by atomic mass is 10.3. The Morgan fingerprint density at radius 2 is 2.44 bits per heavy atom. The van der Waals surface area contributed by atoms with E-state index in [2.05, 4.69) is 22.2 Å². The topological polar surface area (TPSA) is 89.3 Å². The SMILES string of the molecule is C=CC(C)NC(=O)c1sc(NCCOC)nc1N. The number of nitrogen functional groups attached to an aromatic ring is 1. The summed E-state index contributed by atoms with van der Waals surface area (Å²) < 4.78 is 4.91. The summed E-state index contributed by atoms with van der Waals surface area (Å²) in [5.74, 6) is -0.00845. The van der Waals surface area contributed by atoms with Crippen molar-refractivity contribution in [2.45, 2.75) is 13.0 Å². The van der Waals surface area contributed by atoms with Crippen LogP contribution in [0.15, 0.2) is 12.7 Å². The van der Waals surface area contributed by atoms with Crippen LogP contribution < -0.4 is 16.4 Å². The highest BCUT2D eigenvalue weighted by molar-refractivity contribution is 7.18. The maximum Gasteiger partial charge on any atom is 0.265 e. The van der Waals surface area contributed by atoms with Crippen molar-refractivity contribution in [3.63, 3.8) is 0 Å². The number of nitrogens with zero attached hydrogens (tertiary/aromatic N) is 1. The van der Waals surface area contributed by atoms with Crippen LogP contribution >= 0.6 is 11.3 Å². The van der Waals surface area contributed by atoms with Crippen molar-refractivity contribution in [3.8, 4) is 0 Å². The van der Waals surface area contributed by atoms with Gasteiger partial charge in [0.15, 0.2) is 5.13 Å². The van der Waals surface area contributed by atoms with Crippen molar-refractivity contribution in [1.82, 2.24) is 10.3 Å². The molecule has 4 N–H and O–H groups in total. The lowest BCUT2D eigenvalue weighted by molar-refractivity contribution is 0.0951. The minimum absolute atomic E-state index is 0.107. The van der Waals surface area contributed by atoms with Crippen molar-refractivity contribution in [1.29, 1.82) is 0 Å². The van der Waals surface area contributed by atoms with Crippen molar-refractivity contribution in [3.05, 3.63) is 17.5 Å². The van der Waals surface area contributed by atoms with Crippen LogP contribution in [0.25, 0.3) is 0 Å². The molecule has 7 heteroatoms.